The van der Waals surface area contributed by atoms with Gasteiger partial charge in [-0.2, -0.15) is 63.1 Å². The number of carbonyl (C=O) groups is 5. The fourth-order valence-corrected chi connectivity index (χ4v) is 6.58. The van der Waals surface area contributed by atoms with Crippen molar-refractivity contribution in [3.63, 3.8) is 0 Å². The van der Waals surface area contributed by atoms with Gasteiger partial charge >= 0.3 is 29.8 Å². The van der Waals surface area contributed by atoms with Crippen LogP contribution in [0.4, 0.5) is 0 Å². The fourth-order valence-electron chi connectivity index (χ4n) is 5.06. The highest BCUT2D eigenvalue weighted by molar-refractivity contribution is 7.82. The van der Waals surface area contributed by atoms with Crippen LogP contribution in [0, 0.1) is 5.41 Å². The molecule has 9 N–H and O–H groups in total. The van der Waals surface area contributed by atoms with E-state index in [1.54, 1.807) is 0 Å². The average Bonchev–Trinajstić information content (AvgIpc) is 3.34. The van der Waals surface area contributed by atoms with Gasteiger partial charge in [0.1, 0.15) is 5.25 Å². The van der Waals surface area contributed by atoms with Crippen LogP contribution in [0.25, 0.3) is 0 Å². The number of rotatable bonds is 19. The number of benzene rings is 5. The first-order valence-corrected chi connectivity index (χ1v) is 23.5. The van der Waals surface area contributed by atoms with Crippen LogP contribution in [0.3, 0.4) is 0 Å². The number of carboxylic acid groups (broad SMARTS) is 5. The smallest absolute Gasteiger partial charge is 0.316 e. The van der Waals surface area contributed by atoms with Crippen LogP contribution >= 0.6 is 63.1 Å². The van der Waals surface area contributed by atoms with Crippen LogP contribution in [0.15, 0.2) is 152 Å². The van der Waals surface area contributed by atoms with Crippen LogP contribution in [0.1, 0.15) is 74.5 Å². The Kier molecular flexibility index (Phi) is 35.2. The summed E-state index contributed by atoms with van der Waals surface area (Å²) in [5.74, 6) is -4.16. The van der Waals surface area contributed by atoms with Gasteiger partial charge in [0.2, 0.25) is 0 Å². The first-order chi connectivity index (χ1) is 32.7. The zero-order valence-electron chi connectivity index (χ0n) is 37.5. The summed E-state index contributed by atoms with van der Waals surface area (Å²) >= 11 is 20.6. The zero-order valence-corrected chi connectivity index (χ0v) is 42.0. The van der Waals surface area contributed by atoms with Gasteiger partial charge in [-0.3, -0.25) is 24.0 Å². The molecule has 0 spiro atoms. The summed E-state index contributed by atoms with van der Waals surface area (Å²) in [5.41, 5.74) is 3.68. The largest absolute Gasteiger partial charge is 0.481 e. The van der Waals surface area contributed by atoms with Gasteiger partial charge in [0, 0.05) is 21.0 Å². The number of thiol groups is 5. The van der Waals surface area contributed by atoms with Crippen LogP contribution in [0.2, 0.25) is 0 Å². The summed E-state index contributed by atoms with van der Waals surface area (Å²) in [6.07, 6.45) is 0.722. The number of hydrogen-bond donors (Lipinski definition) is 14. The van der Waals surface area contributed by atoms with Crippen molar-refractivity contribution in [1.29, 1.82) is 0 Å². The highest BCUT2D eigenvalue weighted by Crippen LogP contribution is 2.25. The molecule has 0 radical (unpaired) electrons. The van der Waals surface area contributed by atoms with Crippen molar-refractivity contribution in [3.05, 3.63) is 179 Å². The van der Waals surface area contributed by atoms with Crippen LogP contribution in [-0.2, 0) is 30.4 Å². The van der Waals surface area contributed by atoms with E-state index in [4.69, 9.17) is 46.0 Å². The molecular weight excluding hydrogens is 985 g/mol. The third kappa shape index (κ3) is 31.0. The molecule has 0 aliphatic rings. The molecule has 0 amide bonds. The molecule has 0 heterocycles. The van der Waals surface area contributed by atoms with E-state index in [9.17, 15) is 24.0 Å². The molecule has 69 heavy (non-hydrogen) atoms. The molecule has 0 aliphatic heterocycles. The van der Waals surface area contributed by atoms with Crippen molar-refractivity contribution < 1.29 is 69.9 Å². The maximum absolute atomic E-state index is 10.4. The van der Waals surface area contributed by atoms with E-state index in [0.29, 0.717) is 6.42 Å². The number of aliphatic hydroxyl groups excluding tert-OH is 4. The molecule has 0 saturated heterocycles. The van der Waals surface area contributed by atoms with E-state index >= 15 is 0 Å². The molecule has 5 rings (SSSR count). The number of carboxylic acids is 5. The van der Waals surface area contributed by atoms with Crippen molar-refractivity contribution in [2.75, 3.05) is 26.4 Å². The summed E-state index contributed by atoms with van der Waals surface area (Å²) < 4.78 is 0. The minimum atomic E-state index is -1.11. The Morgan fingerprint density at radius 3 is 0.725 bits per heavy atom. The Balaban J connectivity index is 0.000000806. The maximum Gasteiger partial charge on any atom is 0.316 e. The molecule has 0 aromatic heterocycles. The predicted octanol–water partition coefficient (Wildman–Crippen LogP) is 8.08. The van der Waals surface area contributed by atoms with Crippen molar-refractivity contribution in [3.8, 4) is 0 Å². The first-order valence-electron chi connectivity index (χ1n) is 20.9. The van der Waals surface area contributed by atoms with Crippen LogP contribution in [0.5, 0.6) is 0 Å². The molecule has 14 nitrogen and oxygen atoms in total. The second kappa shape index (κ2) is 37.9. The van der Waals surface area contributed by atoms with Gasteiger partial charge in [-0.05, 0) is 34.2 Å². The minimum absolute atomic E-state index is 0.0626. The van der Waals surface area contributed by atoms with E-state index in [2.05, 4.69) is 63.1 Å². The van der Waals surface area contributed by atoms with Crippen molar-refractivity contribution in [1.82, 2.24) is 0 Å². The van der Waals surface area contributed by atoms with Crippen molar-refractivity contribution in [2.45, 2.75) is 58.4 Å². The molecule has 0 fully saturated rings. The van der Waals surface area contributed by atoms with Crippen molar-refractivity contribution >= 4 is 93.0 Å². The van der Waals surface area contributed by atoms with Gasteiger partial charge in [-0.25, -0.2) is 0 Å². The maximum atomic E-state index is 10.4. The molecular formula is C50H62O14S5. The normalized spacial score (nSPS) is 12.4. The molecule has 5 aromatic carbocycles. The van der Waals surface area contributed by atoms with E-state index in [1.807, 2.05) is 152 Å². The van der Waals surface area contributed by atoms with Crippen molar-refractivity contribution in [2.24, 2.45) is 5.41 Å². The second-order valence-electron chi connectivity index (χ2n) is 14.8. The third-order valence-electron chi connectivity index (χ3n) is 9.11. The Labute approximate surface area is 430 Å². The standard InChI is InChI=1S/5C9H10O2S.C5H12O4/c4*10-9(11)6-8(12)7-4-2-1-3-5-7;10-9(11)8(12)6-7-4-2-1-3-5-7;6-1-5(2-7,3-8)4-9/h5*1-5,8,12H,6H2,(H,10,11);6-9H,1-4H2. The lowest BCUT2D eigenvalue weighted by molar-refractivity contribution is -0.138. The lowest BCUT2D eigenvalue weighted by atomic mass is 9.93. The third-order valence-corrected chi connectivity index (χ3v) is 11.4. The minimum Gasteiger partial charge on any atom is -0.481 e. The van der Waals surface area contributed by atoms with E-state index in [-0.39, 0.29) is 46.7 Å². The summed E-state index contributed by atoms with van der Waals surface area (Å²) in [4.78, 5) is 51.8. The van der Waals surface area contributed by atoms with Gasteiger partial charge in [0.15, 0.2) is 0 Å². The molecule has 0 saturated carbocycles. The van der Waals surface area contributed by atoms with Gasteiger partial charge < -0.3 is 46.0 Å². The monoisotopic (exact) mass is 1050 g/mol. The van der Waals surface area contributed by atoms with Crippen LogP contribution in [-0.4, -0.2) is 107 Å². The predicted molar refractivity (Wildman–Crippen MR) is 283 cm³/mol. The lowest BCUT2D eigenvalue weighted by Crippen LogP contribution is -2.37. The Bertz CT molecular complexity index is 1890. The first kappa shape index (κ1) is 64.0. The molecule has 5 unspecified atom stereocenters. The van der Waals surface area contributed by atoms with Gasteiger partial charge in [-0.15, -0.1) is 0 Å². The SMILES string of the molecule is O=C(O)C(S)Cc1ccccc1.O=C(O)CC(S)c1ccccc1.O=C(O)CC(S)c1ccccc1.O=C(O)CC(S)c1ccccc1.O=C(O)CC(S)c1ccccc1.OCC(CO)(CO)CO. The summed E-state index contributed by atoms with van der Waals surface area (Å²) in [6.45, 7) is -1.62. The van der Waals surface area contributed by atoms with Crippen LogP contribution < -0.4 is 0 Å². The quantitative estimate of drug-likeness (QED) is 0.0349. The number of aliphatic carboxylic acids is 5. The molecule has 0 bridgehead atoms. The van der Waals surface area contributed by atoms with Gasteiger partial charge in [-0.1, -0.05) is 152 Å². The summed E-state index contributed by atoms with van der Waals surface area (Å²) in [7, 11) is 0. The fraction of sp³-hybridized carbons (Fsp3) is 0.300. The topological polar surface area (TPSA) is 267 Å². The highest BCUT2D eigenvalue weighted by Gasteiger charge is 2.26. The molecule has 5 atom stereocenters. The van der Waals surface area contributed by atoms with Gasteiger partial charge in [0.05, 0.1) is 57.5 Å². The van der Waals surface area contributed by atoms with E-state index < -0.39 is 66.9 Å². The molecule has 5 aromatic rings. The number of aliphatic hydroxyl groups is 4. The molecule has 376 valence electrons. The Morgan fingerprint density at radius 2 is 0.565 bits per heavy atom. The van der Waals surface area contributed by atoms with E-state index in [1.165, 1.54) is 0 Å². The number of hydrogen-bond acceptors (Lipinski definition) is 14. The molecule has 0 aliphatic carbocycles. The average molecular weight is 1050 g/mol. The second-order valence-corrected chi connectivity index (χ2v) is 17.9. The highest BCUT2D eigenvalue weighted by atomic mass is 32.1. The zero-order chi connectivity index (χ0) is 52.2. The Hall–Kier alpha value is -4.96. The molecule has 19 heteroatoms. The van der Waals surface area contributed by atoms with E-state index in [0.717, 1.165) is 27.8 Å². The Morgan fingerprint density at radius 1 is 0.362 bits per heavy atom. The summed E-state index contributed by atoms with van der Waals surface area (Å²) in [6, 6.07) is 47.0. The van der Waals surface area contributed by atoms with Gasteiger partial charge in [0.25, 0.3) is 0 Å². The lowest BCUT2D eigenvalue weighted by Gasteiger charge is -2.23. The summed E-state index contributed by atoms with van der Waals surface area (Å²) in [5, 5.41) is 75.1.